The van der Waals surface area contributed by atoms with Crippen LogP contribution < -0.4 is 5.32 Å². The summed E-state index contributed by atoms with van der Waals surface area (Å²) in [6.07, 6.45) is 0. The van der Waals surface area contributed by atoms with Crippen molar-refractivity contribution in [1.82, 2.24) is 5.32 Å². The van der Waals surface area contributed by atoms with Gasteiger partial charge in [0.1, 0.15) is 5.58 Å². The first kappa shape index (κ1) is 13.9. The molecule has 0 aliphatic rings. The van der Waals surface area contributed by atoms with E-state index in [0.717, 1.165) is 16.5 Å². The maximum Gasteiger partial charge on any atom is 0.287 e. The average molecular weight is 344 g/mol. The van der Waals surface area contributed by atoms with Gasteiger partial charge in [-0.1, -0.05) is 64.5 Å². The van der Waals surface area contributed by atoms with E-state index >= 15 is 0 Å². The second kappa shape index (κ2) is 6.14. The van der Waals surface area contributed by atoms with E-state index in [0.29, 0.717) is 12.3 Å². The fraction of sp³-hybridized carbons (Fsp3) is 0.118. The van der Waals surface area contributed by atoms with Crippen LogP contribution in [0, 0.1) is 0 Å². The summed E-state index contributed by atoms with van der Waals surface area (Å²) in [7, 11) is 0. The zero-order valence-corrected chi connectivity index (χ0v) is 12.8. The molecule has 0 fully saturated rings. The molecular weight excluding hydrogens is 330 g/mol. The molecule has 3 nitrogen and oxygen atoms in total. The van der Waals surface area contributed by atoms with Crippen LogP contribution in [0.3, 0.4) is 0 Å². The highest BCUT2D eigenvalue weighted by Crippen LogP contribution is 2.22. The van der Waals surface area contributed by atoms with Crippen LogP contribution in [0.25, 0.3) is 11.0 Å². The third-order valence-electron chi connectivity index (χ3n) is 3.25. The molecule has 0 aliphatic carbocycles. The van der Waals surface area contributed by atoms with E-state index in [1.807, 2.05) is 54.6 Å². The number of amides is 1. The molecule has 2 aromatic carbocycles. The van der Waals surface area contributed by atoms with Gasteiger partial charge in [-0.2, -0.15) is 0 Å². The summed E-state index contributed by atoms with van der Waals surface area (Å²) in [5.74, 6) is 0.135. The zero-order valence-electron chi connectivity index (χ0n) is 11.3. The quantitative estimate of drug-likeness (QED) is 0.717. The molecule has 106 valence electrons. The van der Waals surface area contributed by atoms with Gasteiger partial charge >= 0.3 is 0 Å². The van der Waals surface area contributed by atoms with Crippen LogP contribution in [0.15, 0.2) is 65.1 Å². The van der Waals surface area contributed by atoms with Gasteiger partial charge in [-0.15, -0.1) is 0 Å². The van der Waals surface area contributed by atoms with Gasteiger partial charge in [-0.05, 0) is 17.7 Å². The standard InChI is InChI=1S/C17H14BrNO2/c18-14(12-6-2-1-3-7-12)11-19-17(20)16-10-13-8-4-5-9-15(13)21-16/h1-10,14H,11H2,(H,19,20). The Hall–Kier alpha value is -2.07. The van der Waals surface area contributed by atoms with Gasteiger partial charge in [0.25, 0.3) is 5.91 Å². The summed E-state index contributed by atoms with van der Waals surface area (Å²) in [6.45, 7) is 0.500. The van der Waals surface area contributed by atoms with Crippen molar-refractivity contribution in [2.24, 2.45) is 0 Å². The number of fused-ring (bicyclic) bond motifs is 1. The van der Waals surface area contributed by atoms with E-state index in [1.165, 1.54) is 0 Å². The first-order valence-corrected chi connectivity index (χ1v) is 7.61. The molecule has 0 bridgehead atoms. The molecule has 0 radical (unpaired) electrons. The van der Waals surface area contributed by atoms with Crippen molar-refractivity contribution < 1.29 is 9.21 Å². The van der Waals surface area contributed by atoms with Gasteiger partial charge in [-0.25, -0.2) is 0 Å². The lowest BCUT2D eigenvalue weighted by molar-refractivity contribution is 0.0928. The number of hydrogen-bond acceptors (Lipinski definition) is 2. The largest absolute Gasteiger partial charge is 0.451 e. The van der Waals surface area contributed by atoms with Crippen LogP contribution in [-0.2, 0) is 0 Å². The number of carbonyl (C=O) groups excluding carboxylic acids is 1. The minimum Gasteiger partial charge on any atom is -0.451 e. The Morgan fingerprint density at radius 2 is 1.81 bits per heavy atom. The summed E-state index contributed by atoms with van der Waals surface area (Å²) < 4.78 is 5.54. The fourth-order valence-corrected chi connectivity index (χ4v) is 2.61. The molecule has 3 rings (SSSR count). The van der Waals surface area contributed by atoms with Crippen LogP contribution in [0.4, 0.5) is 0 Å². The number of rotatable bonds is 4. The normalized spacial score (nSPS) is 12.2. The van der Waals surface area contributed by atoms with Gasteiger partial charge in [-0.3, -0.25) is 4.79 Å². The Morgan fingerprint density at radius 1 is 1.10 bits per heavy atom. The van der Waals surface area contributed by atoms with Crippen molar-refractivity contribution >= 4 is 32.8 Å². The molecule has 21 heavy (non-hydrogen) atoms. The number of para-hydroxylation sites is 1. The molecule has 3 aromatic rings. The molecule has 0 saturated heterocycles. The third kappa shape index (κ3) is 3.16. The number of halogens is 1. The minimum atomic E-state index is -0.202. The van der Waals surface area contributed by atoms with Crippen molar-refractivity contribution in [3.05, 3.63) is 72.0 Å². The number of benzene rings is 2. The maximum absolute atomic E-state index is 12.1. The molecular formula is C17H14BrNO2. The maximum atomic E-state index is 12.1. The molecule has 1 amide bonds. The smallest absolute Gasteiger partial charge is 0.287 e. The topological polar surface area (TPSA) is 42.2 Å². The SMILES string of the molecule is O=C(NCC(Br)c1ccccc1)c1cc2ccccc2o1. The van der Waals surface area contributed by atoms with Gasteiger partial charge in [0.15, 0.2) is 5.76 Å². The first-order chi connectivity index (χ1) is 10.2. The molecule has 0 saturated carbocycles. The molecule has 1 heterocycles. The van der Waals surface area contributed by atoms with Gasteiger partial charge in [0, 0.05) is 11.9 Å². The lowest BCUT2D eigenvalue weighted by Gasteiger charge is -2.10. The van der Waals surface area contributed by atoms with E-state index in [9.17, 15) is 4.79 Å². The van der Waals surface area contributed by atoms with E-state index < -0.39 is 0 Å². The second-order valence-corrected chi connectivity index (χ2v) is 5.84. The van der Waals surface area contributed by atoms with Crippen molar-refractivity contribution in [3.63, 3.8) is 0 Å². The minimum absolute atomic E-state index is 0.0760. The van der Waals surface area contributed by atoms with E-state index in [4.69, 9.17) is 4.42 Å². The number of alkyl halides is 1. The molecule has 4 heteroatoms. The molecule has 0 aliphatic heterocycles. The number of hydrogen-bond donors (Lipinski definition) is 1. The van der Waals surface area contributed by atoms with E-state index in [1.54, 1.807) is 6.07 Å². The predicted octanol–water partition coefficient (Wildman–Crippen LogP) is 4.30. The van der Waals surface area contributed by atoms with Crippen molar-refractivity contribution in [1.29, 1.82) is 0 Å². The summed E-state index contributed by atoms with van der Waals surface area (Å²) >= 11 is 3.58. The molecule has 0 spiro atoms. The monoisotopic (exact) mass is 343 g/mol. The highest BCUT2D eigenvalue weighted by atomic mass is 79.9. The lowest BCUT2D eigenvalue weighted by atomic mass is 10.1. The van der Waals surface area contributed by atoms with Crippen LogP contribution >= 0.6 is 15.9 Å². The van der Waals surface area contributed by atoms with Crippen molar-refractivity contribution in [2.75, 3.05) is 6.54 Å². The second-order valence-electron chi connectivity index (χ2n) is 4.74. The summed E-state index contributed by atoms with van der Waals surface area (Å²) in [5, 5.41) is 3.81. The Labute approximate surface area is 131 Å². The highest BCUT2D eigenvalue weighted by molar-refractivity contribution is 9.09. The van der Waals surface area contributed by atoms with Crippen molar-refractivity contribution in [2.45, 2.75) is 4.83 Å². The van der Waals surface area contributed by atoms with Gasteiger partial charge in [0.2, 0.25) is 0 Å². The molecule has 1 atom stereocenters. The Balaban J connectivity index is 1.66. The van der Waals surface area contributed by atoms with Crippen LogP contribution in [0.2, 0.25) is 0 Å². The third-order valence-corrected chi connectivity index (χ3v) is 4.10. The number of carbonyl (C=O) groups is 1. The zero-order chi connectivity index (χ0) is 14.7. The Kier molecular flexibility index (Phi) is 4.06. The van der Waals surface area contributed by atoms with Gasteiger partial charge in [0.05, 0.1) is 4.83 Å². The molecule has 1 unspecified atom stereocenters. The fourth-order valence-electron chi connectivity index (χ4n) is 2.14. The number of nitrogens with one attached hydrogen (secondary N) is 1. The summed E-state index contributed by atoms with van der Waals surface area (Å²) in [4.78, 5) is 12.2. The molecule has 1 N–H and O–H groups in total. The van der Waals surface area contributed by atoms with Crippen LogP contribution in [0.5, 0.6) is 0 Å². The summed E-state index contributed by atoms with van der Waals surface area (Å²) in [6, 6.07) is 19.3. The Morgan fingerprint density at radius 3 is 2.57 bits per heavy atom. The van der Waals surface area contributed by atoms with Crippen molar-refractivity contribution in [3.8, 4) is 0 Å². The summed E-state index contributed by atoms with van der Waals surface area (Å²) in [5.41, 5.74) is 1.85. The molecule has 1 aromatic heterocycles. The highest BCUT2D eigenvalue weighted by Gasteiger charge is 2.14. The lowest BCUT2D eigenvalue weighted by Crippen LogP contribution is -2.26. The predicted molar refractivity (Wildman–Crippen MR) is 86.7 cm³/mol. The van der Waals surface area contributed by atoms with E-state index in [-0.39, 0.29) is 10.7 Å². The number of furan rings is 1. The average Bonchev–Trinajstić information content (AvgIpc) is 2.97. The van der Waals surface area contributed by atoms with Crippen LogP contribution in [0.1, 0.15) is 20.9 Å². The first-order valence-electron chi connectivity index (χ1n) is 6.70. The van der Waals surface area contributed by atoms with Gasteiger partial charge < -0.3 is 9.73 Å². The van der Waals surface area contributed by atoms with E-state index in [2.05, 4.69) is 21.2 Å². The Bertz CT molecular complexity index is 719. The van der Waals surface area contributed by atoms with Crippen LogP contribution in [-0.4, -0.2) is 12.5 Å².